The Morgan fingerprint density at radius 2 is 1.53 bits per heavy atom. The minimum Gasteiger partial charge on any atom is -0.497 e. The standard InChI is InChI=1S/C22H25N3O5/c1-4-23-20(26)13-19-21(27)25(16-7-11-18(30-3)12-8-16)22(28)24(19)14-15-5-9-17(29-2)10-6-15/h5-12,19H,4,13-14H2,1-3H3,(H,23,26)/t19-/m0/s1. The quantitative estimate of drug-likeness (QED) is 0.675. The molecule has 1 saturated heterocycles. The summed E-state index contributed by atoms with van der Waals surface area (Å²) in [6.07, 6.45) is -0.0960. The van der Waals surface area contributed by atoms with Crippen LogP contribution < -0.4 is 19.7 Å². The summed E-state index contributed by atoms with van der Waals surface area (Å²) in [5.74, 6) is 0.609. The van der Waals surface area contributed by atoms with Gasteiger partial charge in [0.1, 0.15) is 17.5 Å². The van der Waals surface area contributed by atoms with Gasteiger partial charge < -0.3 is 19.7 Å². The van der Waals surface area contributed by atoms with Crippen LogP contribution in [0.25, 0.3) is 0 Å². The van der Waals surface area contributed by atoms with E-state index in [1.54, 1.807) is 57.5 Å². The lowest BCUT2D eigenvalue weighted by Crippen LogP contribution is -2.39. The van der Waals surface area contributed by atoms with Crippen molar-refractivity contribution >= 4 is 23.5 Å². The Hall–Kier alpha value is -3.55. The van der Waals surface area contributed by atoms with E-state index in [0.29, 0.717) is 23.7 Å². The Labute approximate surface area is 175 Å². The van der Waals surface area contributed by atoms with Crippen LogP contribution in [0.5, 0.6) is 11.5 Å². The van der Waals surface area contributed by atoms with E-state index in [4.69, 9.17) is 9.47 Å². The van der Waals surface area contributed by atoms with Gasteiger partial charge >= 0.3 is 6.03 Å². The highest BCUT2D eigenvalue weighted by molar-refractivity contribution is 6.22. The summed E-state index contributed by atoms with van der Waals surface area (Å²) in [7, 11) is 3.12. The molecule has 8 heteroatoms. The van der Waals surface area contributed by atoms with Crippen molar-refractivity contribution in [3.05, 3.63) is 54.1 Å². The Kier molecular flexibility index (Phi) is 6.56. The van der Waals surface area contributed by atoms with Crippen LogP contribution in [0.15, 0.2) is 48.5 Å². The summed E-state index contributed by atoms with van der Waals surface area (Å²) >= 11 is 0. The topological polar surface area (TPSA) is 88.2 Å². The predicted molar refractivity (Wildman–Crippen MR) is 112 cm³/mol. The zero-order valence-corrected chi connectivity index (χ0v) is 17.3. The Morgan fingerprint density at radius 1 is 0.967 bits per heavy atom. The van der Waals surface area contributed by atoms with Crippen LogP contribution in [-0.4, -0.2) is 49.6 Å². The first-order chi connectivity index (χ1) is 14.5. The monoisotopic (exact) mass is 411 g/mol. The number of rotatable bonds is 8. The molecule has 30 heavy (non-hydrogen) atoms. The van der Waals surface area contributed by atoms with Crippen molar-refractivity contribution in [1.82, 2.24) is 10.2 Å². The molecule has 0 radical (unpaired) electrons. The average molecular weight is 411 g/mol. The van der Waals surface area contributed by atoms with Crippen molar-refractivity contribution in [1.29, 1.82) is 0 Å². The van der Waals surface area contributed by atoms with Gasteiger partial charge in [0.25, 0.3) is 5.91 Å². The number of imide groups is 1. The molecule has 8 nitrogen and oxygen atoms in total. The summed E-state index contributed by atoms with van der Waals surface area (Å²) in [5, 5.41) is 2.70. The molecule has 1 aliphatic rings. The van der Waals surface area contributed by atoms with Gasteiger partial charge in [-0.1, -0.05) is 12.1 Å². The third kappa shape index (κ3) is 4.37. The van der Waals surface area contributed by atoms with E-state index in [-0.39, 0.29) is 18.9 Å². The minimum atomic E-state index is -0.881. The molecule has 1 N–H and O–H groups in total. The first-order valence-corrected chi connectivity index (χ1v) is 9.66. The molecule has 1 aliphatic heterocycles. The molecule has 0 spiro atoms. The number of hydrogen-bond donors (Lipinski definition) is 1. The van der Waals surface area contributed by atoms with Crippen molar-refractivity contribution in [3.8, 4) is 11.5 Å². The lowest BCUT2D eigenvalue weighted by atomic mass is 10.1. The highest BCUT2D eigenvalue weighted by Gasteiger charge is 2.46. The van der Waals surface area contributed by atoms with Crippen molar-refractivity contribution in [2.45, 2.75) is 25.9 Å². The van der Waals surface area contributed by atoms with Gasteiger partial charge in [-0.3, -0.25) is 9.59 Å². The molecule has 1 heterocycles. The minimum absolute atomic E-state index is 0.0960. The van der Waals surface area contributed by atoms with E-state index in [1.165, 1.54) is 4.90 Å². The van der Waals surface area contributed by atoms with Crippen molar-refractivity contribution < 1.29 is 23.9 Å². The predicted octanol–water partition coefficient (Wildman–Crippen LogP) is 2.57. The largest absolute Gasteiger partial charge is 0.497 e. The normalized spacial score (nSPS) is 16.0. The second kappa shape index (κ2) is 9.30. The fourth-order valence-electron chi connectivity index (χ4n) is 3.36. The maximum Gasteiger partial charge on any atom is 0.332 e. The average Bonchev–Trinajstić information content (AvgIpc) is 2.98. The van der Waals surface area contributed by atoms with Crippen LogP contribution in [0.2, 0.25) is 0 Å². The first-order valence-electron chi connectivity index (χ1n) is 9.66. The van der Waals surface area contributed by atoms with Crippen LogP contribution in [0.4, 0.5) is 10.5 Å². The summed E-state index contributed by atoms with van der Waals surface area (Å²) in [6.45, 7) is 2.46. The maximum absolute atomic E-state index is 13.2. The lowest BCUT2D eigenvalue weighted by Gasteiger charge is -2.21. The van der Waals surface area contributed by atoms with Crippen molar-refractivity contribution in [3.63, 3.8) is 0 Å². The number of anilines is 1. The summed E-state index contributed by atoms with van der Waals surface area (Å²) in [6, 6.07) is 12.6. The molecule has 0 aromatic heterocycles. The fourth-order valence-corrected chi connectivity index (χ4v) is 3.36. The number of carbonyl (C=O) groups excluding carboxylic acids is 3. The second-order valence-electron chi connectivity index (χ2n) is 6.80. The summed E-state index contributed by atoms with van der Waals surface area (Å²) in [5.41, 5.74) is 1.26. The van der Waals surface area contributed by atoms with Gasteiger partial charge in [0.15, 0.2) is 0 Å². The molecular formula is C22H25N3O5. The molecule has 4 amide bonds. The van der Waals surface area contributed by atoms with E-state index < -0.39 is 18.0 Å². The number of amides is 4. The maximum atomic E-state index is 13.2. The Bertz CT molecular complexity index is 911. The smallest absolute Gasteiger partial charge is 0.332 e. The van der Waals surface area contributed by atoms with E-state index in [9.17, 15) is 14.4 Å². The van der Waals surface area contributed by atoms with Gasteiger partial charge in [0.05, 0.1) is 26.3 Å². The number of carbonyl (C=O) groups is 3. The number of methoxy groups -OCH3 is 2. The van der Waals surface area contributed by atoms with Crippen molar-refractivity contribution in [2.75, 3.05) is 25.7 Å². The molecule has 0 saturated carbocycles. The molecular weight excluding hydrogens is 386 g/mol. The molecule has 1 fully saturated rings. The number of urea groups is 1. The number of nitrogens with zero attached hydrogens (tertiary/aromatic N) is 2. The second-order valence-corrected chi connectivity index (χ2v) is 6.80. The zero-order chi connectivity index (χ0) is 21.7. The van der Waals surface area contributed by atoms with E-state index in [2.05, 4.69) is 5.32 Å². The van der Waals surface area contributed by atoms with Gasteiger partial charge in [-0.25, -0.2) is 9.69 Å². The van der Waals surface area contributed by atoms with Gasteiger partial charge in [0.2, 0.25) is 5.91 Å². The first kappa shape index (κ1) is 21.2. The molecule has 1 atom stereocenters. The van der Waals surface area contributed by atoms with E-state index >= 15 is 0 Å². The third-order valence-electron chi connectivity index (χ3n) is 4.91. The fraction of sp³-hybridized carbons (Fsp3) is 0.318. The number of hydrogen-bond acceptors (Lipinski definition) is 5. The SMILES string of the molecule is CCNC(=O)C[C@H]1C(=O)N(c2ccc(OC)cc2)C(=O)N1Cc1ccc(OC)cc1. The number of nitrogens with one attached hydrogen (secondary N) is 1. The molecule has 0 aliphatic carbocycles. The molecule has 0 bridgehead atoms. The van der Waals surface area contributed by atoms with Gasteiger partial charge in [-0.2, -0.15) is 0 Å². The zero-order valence-electron chi connectivity index (χ0n) is 17.3. The van der Waals surface area contributed by atoms with Crippen LogP contribution in [-0.2, 0) is 16.1 Å². The Balaban J connectivity index is 1.89. The summed E-state index contributed by atoms with van der Waals surface area (Å²) in [4.78, 5) is 41.1. The molecule has 2 aromatic rings. The molecule has 2 aromatic carbocycles. The van der Waals surface area contributed by atoms with Crippen LogP contribution >= 0.6 is 0 Å². The van der Waals surface area contributed by atoms with E-state index in [1.807, 2.05) is 12.1 Å². The van der Waals surface area contributed by atoms with E-state index in [0.717, 1.165) is 10.5 Å². The van der Waals surface area contributed by atoms with Gasteiger partial charge in [-0.05, 0) is 48.9 Å². The number of benzene rings is 2. The van der Waals surface area contributed by atoms with Crippen LogP contribution in [0.3, 0.4) is 0 Å². The molecule has 0 unspecified atom stereocenters. The Morgan fingerprint density at radius 3 is 2.07 bits per heavy atom. The highest BCUT2D eigenvalue weighted by atomic mass is 16.5. The third-order valence-corrected chi connectivity index (χ3v) is 4.91. The van der Waals surface area contributed by atoms with Crippen LogP contribution in [0, 0.1) is 0 Å². The summed E-state index contributed by atoms with van der Waals surface area (Å²) < 4.78 is 10.3. The van der Waals surface area contributed by atoms with Gasteiger partial charge in [-0.15, -0.1) is 0 Å². The number of ether oxygens (including phenoxy) is 2. The van der Waals surface area contributed by atoms with Crippen LogP contribution in [0.1, 0.15) is 18.9 Å². The molecule has 3 rings (SSSR count). The van der Waals surface area contributed by atoms with Crippen molar-refractivity contribution in [2.24, 2.45) is 0 Å². The van der Waals surface area contributed by atoms with Gasteiger partial charge in [0, 0.05) is 13.1 Å². The molecule has 158 valence electrons. The highest BCUT2D eigenvalue weighted by Crippen LogP contribution is 2.29. The lowest BCUT2D eigenvalue weighted by molar-refractivity contribution is -0.127.